The smallest absolute Gasteiger partial charge is 0.0830 e. The zero-order valence-electron chi connectivity index (χ0n) is 12.1. The van der Waals surface area contributed by atoms with E-state index in [-0.39, 0.29) is 5.60 Å². The second-order valence-corrected chi connectivity index (χ2v) is 5.44. The molecule has 1 saturated carbocycles. The maximum atomic E-state index is 5.96. The Hall–Kier alpha value is -0.0800. The summed E-state index contributed by atoms with van der Waals surface area (Å²) in [6.45, 7) is 5.54. The predicted octanol–water partition coefficient (Wildman–Crippen LogP) is 3.89. The number of hydrogen-bond acceptors (Lipinski definition) is 2. The summed E-state index contributed by atoms with van der Waals surface area (Å²) in [4.78, 5) is 0. The van der Waals surface area contributed by atoms with Gasteiger partial charge in [-0.3, -0.25) is 0 Å². The van der Waals surface area contributed by atoms with E-state index in [1.165, 1.54) is 57.8 Å². The minimum Gasteiger partial charge on any atom is -0.377 e. The molecule has 0 bridgehead atoms. The van der Waals surface area contributed by atoms with Crippen molar-refractivity contribution in [2.24, 2.45) is 0 Å². The Morgan fingerprint density at radius 2 is 1.82 bits per heavy atom. The van der Waals surface area contributed by atoms with Gasteiger partial charge in [0.15, 0.2) is 0 Å². The van der Waals surface area contributed by atoms with Gasteiger partial charge in [-0.2, -0.15) is 0 Å². The van der Waals surface area contributed by atoms with Crippen LogP contribution in [-0.4, -0.2) is 25.3 Å². The van der Waals surface area contributed by atoms with E-state index < -0.39 is 0 Å². The minimum atomic E-state index is 0.127. The average molecular weight is 241 g/mol. The lowest BCUT2D eigenvalue weighted by molar-refractivity contribution is -0.0693. The fourth-order valence-electron chi connectivity index (χ4n) is 3.24. The van der Waals surface area contributed by atoms with Gasteiger partial charge in [0.25, 0.3) is 0 Å². The highest BCUT2D eigenvalue weighted by atomic mass is 16.5. The molecule has 1 fully saturated rings. The minimum absolute atomic E-state index is 0.127. The van der Waals surface area contributed by atoms with Gasteiger partial charge in [-0.15, -0.1) is 0 Å². The molecule has 1 aliphatic rings. The Morgan fingerprint density at radius 3 is 2.35 bits per heavy atom. The Bertz CT molecular complexity index is 187. The van der Waals surface area contributed by atoms with Gasteiger partial charge >= 0.3 is 0 Å². The molecule has 0 spiro atoms. The van der Waals surface area contributed by atoms with Crippen LogP contribution in [-0.2, 0) is 4.74 Å². The van der Waals surface area contributed by atoms with Crippen LogP contribution < -0.4 is 5.32 Å². The normalized spacial score (nSPS) is 21.4. The summed E-state index contributed by atoms with van der Waals surface area (Å²) in [6.07, 6.45) is 11.8. The summed E-state index contributed by atoms with van der Waals surface area (Å²) < 4.78 is 5.96. The van der Waals surface area contributed by atoms with E-state index in [4.69, 9.17) is 4.74 Å². The molecule has 0 amide bonds. The molecule has 0 aromatic carbocycles. The first-order chi connectivity index (χ1) is 8.29. The van der Waals surface area contributed by atoms with Gasteiger partial charge in [0, 0.05) is 13.2 Å². The van der Waals surface area contributed by atoms with Crippen LogP contribution in [0.5, 0.6) is 0 Å². The fourth-order valence-corrected chi connectivity index (χ4v) is 3.24. The zero-order valence-corrected chi connectivity index (χ0v) is 12.1. The van der Waals surface area contributed by atoms with Crippen LogP contribution in [0, 0.1) is 0 Å². The molecule has 0 aromatic rings. The number of rotatable bonds is 8. The van der Waals surface area contributed by atoms with Gasteiger partial charge in [-0.05, 0) is 25.8 Å². The van der Waals surface area contributed by atoms with E-state index in [0.29, 0.717) is 6.04 Å². The molecule has 1 N–H and O–H groups in total. The summed E-state index contributed by atoms with van der Waals surface area (Å²) in [5, 5.41) is 3.68. The highest BCUT2D eigenvalue weighted by molar-refractivity contribution is 4.95. The van der Waals surface area contributed by atoms with Crippen LogP contribution >= 0.6 is 0 Å². The lowest BCUT2D eigenvalue weighted by Gasteiger charge is -2.43. The average Bonchev–Trinajstić information content (AvgIpc) is 2.39. The first-order valence-corrected chi connectivity index (χ1v) is 7.57. The molecule has 1 atom stereocenters. The molecule has 0 aliphatic heterocycles. The van der Waals surface area contributed by atoms with Crippen LogP contribution in [0.2, 0.25) is 0 Å². The summed E-state index contributed by atoms with van der Waals surface area (Å²) in [5.74, 6) is 0. The van der Waals surface area contributed by atoms with Crippen molar-refractivity contribution in [1.82, 2.24) is 5.32 Å². The van der Waals surface area contributed by atoms with Crippen molar-refractivity contribution in [2.45, 2.75) is 83.3 Å². The van der Waals surface area contributed by atoms with Crippen molar-refractivity contribution >= 4 is 0 Å². The van der Waals surface area contributed by atoms with Crippen LogP contribution in [0.1, 0.15) is 71.6 Å². The van der Waals surface area contributed by atoms with E-state index in [0.717, 1.165) is 6.54 Å². The Balaban J connectivity index is 2.57. The summed E-state index contributed by atoms with van der Waals surface area (Å²) >= 11 is 0. The largest absolute Gasteiger partial charge is 0.377 e. The summed E-state index contributed by atoms with van der Waals surface area (Å²) in [7, 11) is 1.91. The van der Waals surface area contributed by atoms with Gasteiger partial charge < -0.3 is 10.1 Å². The van der Waals surface area contributed by atoms with Gasteiger partial charge in [-0.1, -0.05) is 52.4 Å². The van der Waals surface area contributed by atoms with Crippen LogP contribution in [0.15, 0.2) is 0 Å². The van der Waals surface area contributed by atoms with Crippen molar-refractivity contribution in [3.8, 4) is 0 Å². The summed E-state index contributed by atoms with van der Waals surface area (Å²) in [6, 6.07) is 0.560. The second-order valence-electron chi connectivity index (χ2n) is 5.44. The third-order valence-electron chi connectivity index (χ3n) is 4.29. The molecule has 1 rings (SSSR count). The molecular weight excluding hydrogens is 210 g/mol. The van der Waals surface area contributed by atoms with Crippen LogP contribution in [0.3, 0.4) is 0 Å². The zero-order chi connectivity index (χ0) is 12.6. The number of nitrogens with one attached hydrogen (secondary N) is 1. The molecular formula is C15H31NO. The molecule has 0 aromatic heterocycles. The molecule has 0 radical (unpaired) electrons. The van der Waals surface area contributed by atoms with Gasteiger partial charge in [-0.25, -0.2) is 0 Å². The van der Waals surface area contributed by atoms with E-state index >= 15 is 0 Å². The molecule has 1 unspecified atom stereocenters. The maximum absolute atomic E-state index is 5.96. The first kappa shape index (κ1) is 15.0. The van der Waals surface area contributed by atoms with Crippen molar-refractivity contribution in [2.75, 3.05) is 13.7 Å². The Morgan fingerprint density at radius 1 is 1.12 bits per heavy atom. The van der Waals surface area contributed by atoms with E-state index in [1.807, 2.05) is 7.11 Å². The van der Waals surface area contributed by atoms with Crippen LogP contribution in [0.4, 0.5) is 0 Å². The molecule has 102 valence electrons. The molecule has 0 heterocycles. The van der Waals surface area contributed by atoms with Crippen molar-refractivity contribution in [3.05, 3.63) is 0 Å². The SMILES string of the molecule is CCCCCC(NCC)C1(OC)CCCCC1. The molecule has 0 saturated heterocycles. The first-order valence-electron chi connectivity index (χ1n) is 7.57. The number of ether oxygens (including phenoxy) is 1. The van der Waals surface area contributed by atoms with Gasteiger partial charge in [0.2, 0.25) is 0 Å². The van der Waals surface area contributed by atoms with Gasteiger partial charge in [0.05, 0.1) is 5.60 Å². The lowest BCUT2D eigenvalue weighted by Crippen LogP contribution is -2.53. The Kier molecular flexibility index (Phi) is 7.14. The molecule has 2 heteroatoms. The van der Waals surface area contributed by atoms with Gasteiger partial charge in [0.1, 0.15) is 0 Å². The second kappa shape index (κ2) is 8.10. The van der Waals surface area contributed by atoms with Crippen molar-refractivity contribution in [3.63, 3.8) is 0 Å². The van der Waals surface area contributed by atoms with E-state index in [1.54, 1.807) is 0 Å². The molecule has 17 heavy (non-hydrogen) atoms. The summed E-state index contributed by atoms with van der Waals surface area (Å²) in [5.41, 5.74) is 0.127. The standard InChI is InChI=1S/C15H31NO/c1-4-6-8-11-14(16-5-2)15(17-3)12-9-7-10-13-15/h14,16H,4-13H2,1-3H3. The highest BCUT2D eigenvalue weighted by Crippen LogP contribution is 2.35. The fraction of sp³-hybridized carbons (Fsp3) is 1.00. The van der Waals surface area contributed by atoms with Crippen molar-refractivity contribution < 1.29 is 4.74 Å². The van der Waals surface area contributed by atoms with Crippen molar-refractivity contribution in [1.29, 1.82) is 0 Å². The van der Waals surface area contributed by atoms with E-state index in [9.17, 15) is 0 Å². The number of methoxy groups -OCH3 is 1. The molecule has 1 aliphatic carbocycles. The van der Waals surface area contributed by atoms with E-state index in [2.05, 4.69) is 19.2 Å². The Labute approximate surface area is 108 Å². The third kappa shape index (κ3) is 4.26. The molecule has 2 nitrogen and oxygen atoms in total. The monoisotopic (exact) mass is 241 g/mol. The predicted molar refractivity (Wildman–Crippen MR) is 74.4 cm³/mol. The maximum Gasteiger partial charge on any atom is 0.0830 e. The number of likely N-dealkylation sites (N-methyl/N-ethyl adjacent to an activating group) is 1. The lowest BCUT2D eigenvalue weighted by atomic mass is 9.77. The quantitative estimate of drug-likeness (QED) is 0.651. The number of unbranched alkanes of at least 4 members (excludes halogenated alkanes) is 2. The highest BCUT2D eigenvalue weighted by Gasteiger charge is 2.38. The number of hydrogen-bond donors (Lipinski definition) is 1. The van der Waals surface area contributed by atoms with Crippen LogP contribution in [0.25, 0.3) is 0 Å². The third-order valence-corrected chi connectivity index (χ3v) is 4.29. The topological polar surface area (TPSA) is 21.3 Å².